The molecule has 0 spiro atoms. The van der Waals surface area contributed by atoms with Crippen molar-refractivity contribution < 1.29 is 9.53 Å². The fraction of sp³-hybridized carbons (Fsp3) is 0.375. The minimum atomic E-state index is -0.250. The Hall–Kier alpha value is -2.80. The van der Waals surface area contributed by atoms with E-state index in [9.17, 15) is 4.79 Å². The molecule has 0 bridgehead atoms. The topological polar surface area (TPSA) is 69.0 Å². The maximum Gasteiger partial charge on any atom is 0.234 e. The lowest BCUT2D eigenvalue weighted by Gasteiger charge is -2.16. The monoisotopic (exact) mass is 438 g/mol. The molecule has 1 N–H and O–H groups in total. The molecule has 0 aliphatic rings. The molecule has 0 saturated heterocycles. The van der Waals surface area contributed by atoms with Crippen molar-refractivity contribution in [1.82, 2.24) is 14.8 Å². The molecule has 0 unspecified atom stereocenters. The molecule has 3 aromatic rings. The molecule has 1 amide bonds. The van der Waals surface area contributed by atoms with Crippen molar-refractivity contribution >= 4 is 23.4 Å². The van der Waals surface area contributed by atoms with Crippen molar-refractivity contribution in [2.24, 2.45) is 0 Å². The van der Waals surface area contributed by atoms with Crippen LogP contribution in [0.1, 0.15) is 50.8 Å². The van der Waals surface area contributed by atoms with Gasteiger partial charge in [-0.25, -0.2) is 0 Å². The van der Waals surface area contributed by atoms with Gasteiger partial charge in [-0.05, 0) is 62.1 Å². The number of thioether (sulfide) groups is 1. The summed E-state index contributed by atoms with van der Waals surface area (Å²) in [7, 11) is 0. The Bertz CT molecular complexity index is 984. The quantitative estimate of drug-likeness (QED) is 0.435. The fourth-order valence-corrected chi connectivity index (χ4v) is 4.03. The van der Waals surface area contributed by atoms with Gasteiger partial charge in [0.1, 0.15) is 5.75 Å². The van der Waals surface area contributed by atoms with Crippen molar-refractivity contribution in [3.63, 3.8) is 0 Å². The largest absolute Gasteiger partial charge is 0.483 e. The predicted octanol–water partition coefficient (Wildman–Crippen LogP) is 5.29. The number of anilines is 1. The molecule has 0 fully saturated rings. The van der Waals surface area contributed by atoms with Gasteiger partial charge in [-0.3, -0.25) is 4.79 Å². The van der Waals surface area contributed by atoms with E-state index in [1.165, 1.54) is 22.9 Å². The molecule has 0 aliphatic carbocycles. The molecule has 3 rings (SSSR count). The van der Waals surface area contributed by atoms with Crippen molar-refractivity contribution in [3.8, 4) is 5.75 Å². The van der Waals surface area contributed by atoms with Crippen molar-refractivity contribution in [2.45, 2.75) is 58.3 Å². The van der Waals surface area contributed by atoms with Crippen LogP contribution >= 0.6 is 11.8 Å². The average Bonchev–Trinajstić information content (AvgIpc) is 3.22. The van der Waals surface area contributed by atoms with E-state index in [1.807, 2.05) is 54.8 Å². The number of nitrogens with one attached hydrogen (secondary N) is 1. The van der Waals surface area contributed by atoms with E-state index in [0.29, 0.717) is 11.7 Å². The SMILES string of the molecule is CCc1ccc(NC(=O)CSc2nnc([C@H](C)Oc3ccc(CC)cc3)n2CC)cc1. The Morgan fingerprint density at radius 2 is 1.61 bits per heavy atom. The first-order chi connectivity index (χ1) is 15.0. The molecule has 31 heavy (non-hydrogen) atoms. The molecule has 1 atom stereocenters. The maximum absolute atomic E-state index is 12.4. The minimum Gasteiger partial charge on any atom is -0.483 e. The van der Waals surface area contributed by atoms with E-state index in [2.05, 4.69) is 41.5 Å². The van der Waals surface area contributed by atoms with Crippen LogP contribution in [0, 0.1) is 0 Å². The maximum atomic E-state index is 12.4. The molecular weight excluding hydrogens is 408 g/mol. The van der Waals surface area contributed by atoms with Crippen LogP contribution in [0.25, 0.3) is 0 Å². The molecule has 0 saturated carbocycles. The third-order valence-electron chi connectivity index (χ3n) is 5.05. The van der Waals surface area contributed by atoms with Crippen LogP contribution < -0.4 is 10.1 Å². The second-order valence-corrected chi connectivity index (χ2v) is 8.17. The summed E-state index contributed by atoms with van der Waals surface area (Å²) in [5, 5.41) is 12.3. The molecule has 164 valence electrons. The van der Waals surface area contributed by atoms with Gasteiger partial charge >= 0.3 is 0 Å². The number of amides is 1. The Labute approximate surface area is 188 Å². The highest BCUT2D eigenvalue weighted by molar-refractivity contribution is 7.99. The standard InChI is InChI=1S/C24H30N4O2S/c1-5-18-8-12-20(13-9-18)25-22(29)16-31-24-27-26-23(28(24)7-3)17(4)30-21-14-10-19(6-2)11-15-21/h8-15,17H,5-7,16H2,1-4H3,(H,25,29)/t17-/m0/s1. The summed E-state index contributed by atoms with van der Waals surface area (Å²) >= 11 is 1.38. The minimum absolute atomic E-state index is 0.0678. The van der Waals surface area contributed by atoms with E-state index in [0.717, 1.165) is 30.1 Å². The molecule has 2 aromatic carbocycles. The molecule has 6 nitrogen and oxygen atoms in total. The Balaban J connectivity index is 1.59. The third-order valence-corrected chi connectivity index (χ3v) is 6.01. The van der Waals surface area contributed by atoms with Crippen molar-refractivity contribution in [2.75, 3.05) is 11.1 Å². The van der Waals surface area contributed by atoms with Crippen LogP contribution in [-0.2, 0) is 24.2 Å². The number of carbonyl (C=O) groups is 1. The van der Waals surface area contributed by atoms with Gasteiger partial charge in [-0.2, -0.15) is 0 Å². The zero-order valence-electron chi connectivity index (χ0n) is 18.6. The average molecular weight is 439 g/mol. The number of benzene rings is 2. The lowest BCUT2D eigenvalue weighted by atomic mass is 10.1. The van der Waals surface area contributed by atoms with Crippen LogP contribution in [0.2, 0.25) is 0 Å². The van der Waals surface area contributed by atoms with E-state index in [-0.39, 0.29) is 17.8 Å². The molecule has 1 aromatic heterocycles. The highest BCUT2D eigenvalue weighted by Crippen LogP contribution is 2.25. The Morgan fingerprint density at radius 1 is 1.00 bits per heavy atom. The summed E-state index contributed by atoms with van der Waals surface area (Å²) < 4.78 is 8.07. The van der Waals surface area contributed by atoms with Crippen LogP contribution in [0.5, 0.6) is 5.75 Å². The number of rotatable bonds is 10. The number of hydrogen-bond donors (Lipinski definition) is 1. The summed E-state index contributed by atoms with van der Waals surface area (Å²) in [5.41, 5.74) is 3.32. The molecule has 0 aliphatic heterocycles. The van der Waals surface area contributed by atoms with Crippen LogP contribution in [-0.4, -0.2) is 26.4 Å². The van der Waals surface area contributed by atoms with Gasteiger partial charge in [0.25, 0.3) is 0 Å². The second kappa shape index (κ2) is 11.0. The first-order valence-electron chi connectivity index (χ1n) is 10.7. The Morgan fingerprint density at radius 3 is 2.19 bits per heavy atom. The van der Waals surface area contributed by atoms with E-state index in [4.69, 9.17) is 4.74 Å². The summed E-state index contributed by atoms with van der Waals surface area (Å²) in [6, 6.07) is 16.0. The summed E-state index contributed by atoms with van der Waals surface area (Å²) in [5.74, 6) is 1.75. The smallest absolute Gasteiger partial charge is 0.234 e. The number of ether oxygens (including phenoxy) is 1. The van der Waals surface area contributed by atoms with Gasteiger partial charge < -0.3 is 14.6 Å². The zero-order chi connectivity index (χ0) is 22.2. The first kappa shape index (κ1) is 22.9. The van der Waals surface area contributed by atoms with Crippen molar-refractivity contribution in [1.29, 1.82) is 0 Å². The van der Waals surface area contributed by atoms with Crippen LogP contribution in [0.4, 0.5) is 5.69 Å². The number of aryl methyl sites for hydroxylation is 2. The predicted molar refractivity (Wildman–Crippen MR) is 126 cm³/mol. The molecule has 7 heteroatoms. The van der Waals surface area contributed by atoms with E-state index in [1.54, 1.807) is 0 Å². The normalized spacial score (nSPS) is 11.9. The number of carbonyl (C=O) groups excluding carboxylic acids is 1. The lowest BCUT2D eigenvalue weighted by Crippen LogP contribution is -2.15. The molecule has 1 heterocycles. The van der Waals surface area contributed by atoms with Gasteiger partial charge in [0.2, 0.25) is 5.91 Å². The Kier molecular flexibility index (Phi) is 8.12. The molecular formula is C24H30N4O2S. The fourth-order valence-electron chi connectivity index (χ4n) is 3.22. The zero-order valence-corrected chi connectivity index (χ0v) is 19.4. The summed E-state index contributed by atoms with van der Waals surface area (Å²) in [4.78, 5) is 12.4. The summed E-state index contributed by atoms with van der Waals surface area (Å²) in [6.07, 6.45) is 1.73. The molecule has 0 radical (unpaired) electrons. The number of nitrogens with zero attached hydrogens (tertiary/aromatic N) is 3. The number of hydrogen-bond acceptors (Lipinski definition) is 5. The van der Waals surface area contributed by atoms with Gasteiger partial charge in [0, 0.05) is 12.2 Å². The summed E-state index contributed by atoms with van der Waals surface area (Å²) in [6.45, 7) is 8.94. The highest BCUT2D eigenvalue weighted by atomic mass is 32.2. The number of aromatic nitrogens is 3. The van der Waals surface area contributed by atoms with Gasteiger partial charge in [0.05, 0.1) is 5.75 Å². The first-order valence-corrected chi connectivity index (χ1v) is 11.7. The van der Waals surface area contributed by atoms with Gasteiger partial charge in [0.15, 0.2) is 17.1 Å². The van der Waals surface area contributed by atoms with E-state index >= 15 is 0 Å². The lowest BCUT2D eigenvalue weighted by molar-refractivity contribution is -0.113. The highest BCUT2D eigenvalue weighted by Gasteiger charge is 2.19. The van der Waals surface area contributed by atoms with Crippen molar-refractivity contribution in [3.05, 3.63) is 65.5 Å². The van der Waals surface area contributed by atoms with Gasteiger partial charge in [-0.1, -0.05) is 49.9 Å². The van der Waals surface area contributed by atoms with Crippen LogP contribution in [0.3, 0.4) is 0 Å². The van der Waals surface area contributed by atoms with E-state index < -0.39 is 0 Å². The van der Waals surface area contributed by atoms with Gasteiger partial charge in [-0.15, -0.1) is 10.2 Å². The second-order valence-electron chi connectivity index (χ2n) is 7.23. The third kappa shape index (κ3) is 6.10. The van der Waals surface area contributed by atoms with Crippen LogP contribution in [0.15, 0.2) is 53.7 Å².